The second-order valence-corrected chi connectivity index (χ2v) is 9.06. The maximum atomic E-state index is 12.6. The monoisotopic (exact) mass is 387 g/mol. The van der Waals surface area contributed by atoms with E-state index in [0.717, 1.165) is 27.8 Å². The Bertz CT molecular complexity index is 1040. The van der Waals surface area contributed by atoms with Crippen molar-refractivity contribution in [3.8, 4) is 11.1 Å². The van der Waals surface area contributed by atoms with Crippen molar-refractivity contribution < 1.29 is 8.95 Å². The Balaban J connectivity index is 2.06. The topological polar surface area (TPSA) is 95.4 Å². The highest BCUT2D eigenvalue weighted by atomic mass is 32.2. The molecule has 0 aliphatic rings. The van der Waals surface area contributed by atoms with Gasteiger partial charge in [0.05, 0.1) is 27.4 Å². The molecule has 0 amide bonds. The summed E-state index contributed by atoms with van der Waals surface area (Å²) < 4.78 is 24.2. The Morgan fingerprint density at radius 2 is 1.89 bits per heavy atom. The fraction of sp³-hybridized carbons (Fsp3) is 0.368. The zero-order valence-electron chi connectivity index (χ0n) is 15.9. The van der Waals surface area contributed by atoms with Crippen molar-refractivity contribution in [2.75, 3.05) is 31.0 Å². The Morgan fingerprint density at radius 1 is 1.19 bits per heavy atom. The highest BCUT2D eigenvalue weighted by molar-refractivity contribution is 7.93. The molecule has 2 N–H and O–H groups in total. The molecule has 0 unspecified atom stereocenters. The largest absolute Gasteiger partial charge is 0.383 e. The van der Waals surface area contributed by atoms with Crippen LogP contribution in [0.3, 0.4) is 0 Å². The summed E-state index contributed by atoms with van der Waals surface area (Å²) in [6.07, 6.45) is 3.49. The second kappa shape index (κ2) is 8.06. The number of hydrogen-bond donors (Lipinski definition) is 1. The normalized spacial score (nSPS) is 11.8. The van der Waals surface area contributed by atoms with Gasteiger partial charge in [-0.2, -0.15) is 4.36 Å². The van der Waals surface area contributed by atoms with Gasteiger partial charge in [0.2, 0.25) is 0 Å². The van der Waals surface area contributed by atoms with Gasteiger partial charge in [0.1, 0.15) is 17.8 Å². The number of hydrogen-bond acceptors (Lipinski definition) is 6. The minimum atomic E-state index is -2.18. The first-order valence-corrected chi connectivity index (χ1v) is 10.8. The van der Waals surface area contributed by atoms with Gasteiger partial charge in [-0.1, -0.05) is 26.0 Å². The summed E-state index contributed by atoms with van der Waals surface area (Å²) in [6, 6.07) is 7.70. The molecule has 3 rings (SSSR count). The van der Waals surface area contributed by atoms with Crippen molar-refractivity contribution in [2.24, 2.45) is 4.36 Å². The average Bonchev–Trinajstić information content (AvgIpc) is 3.07. The number of methoxy groups -OCH3 is 1. The molecular formula is C19H25N5O2S. The van der Waals surface area contributed by atoms with Crippen molar-refractivity contribution in [3.05, 3.63) is 36.8 Å². The van der Waals surface area contributed by atoms with Crippen LogP contribution in [0.15, 0.2) is 41.2 Å². The quantitative estimate of drug-likeness (QED) is 0.670. The summed E-state index contributed by atoms with van der Waals surface area (Å²) in [4.78, 5) is 8.53. The Kier molecular flexibility index (Phi) is 5.76. The number of rotatable bonds is 7. The van der Waals surface area contributed by atoms with Crippen LogP contribution < -0.4 is 5.73 Å². The van der Waals surface area contributed by atoms with Gasteiger partial charge < -0.3 is 15.0 Å². The van der Waals surface area contributed by atoms with E-state index in [1.165, 1.54) is 6.33 Å². The van der Waals surface area contributed by atoms with Crippen LogP contribution in [0.4, 0.5) is 11.5 Å². The van der Waals surface area contributed by atoms with E-state index < -0.39 is 9.73 Å². The van der Waals surface area contributed by atoms with E-state index in [2.05, 4.69) is 14.3 Å². The first-order valence-electron chi connectivity index (χ1n) is 8.92. The lowest BCUT2D eigenvalue weighted by Crippen LogP contribution is -2.04. The molecule has 3 aromatic rings. The number of nitrogens with zero attached hydrogens (tertiary/aromatic N) is 4. The molecule has 0 aliphatic heterocycles. The van der Waals surface area contributed by atoms with Crippen LogP contribution in [-0.2, 0) is 21.0 Å². The third-order valence-corrected chi connectivity index (χ3v) is 6.92. The van der Waals surface area contributed by atoms with E-state index in [-0.39, 0.29) is 0 Å². The Hall–Kier alpha value is -2.45. The van der Waals surface area contributed by atoms with Gasteiger partial charge in [0.15, 0.2) is 0 Å². The summed E-state index contributed by atoms with van der Waals surface area (Å²) in [6.45, 7) is 5.06. The SMILES string of the molecule is CCS(=O)(CC)=Nc1ccc(-c2cn(CCOC)c3ncnc(N)c23)cc1. The molecule has 0 atom stereocenters. The number of ether oxygens (including phenoxy) is 1. The molecule has 2 heterocycles. The minimum Gasteiger partial charge on any atom is -0.383 e. The molecule has 0 radical (unpaired) electrons. The molecule has 144 valence electrons. The molecule has 0 spiro atoms. The van der Waals surface area contributed by atoms with Crippen LogP contribution in [0, 0.1) is 0 Å². The van der Waals surface area contributed by atoms with Crippen molar-refractivity contribution in [1.29, 1.82) is 0 Å². The van der Waals surface area contributed by atoms with Crippen molar-refractivity contribution in [1.82, 2.24) is 14.5 Å². The van der Waals surface area contributed by atoms with Gasteiger partial charge in [-0.05, 0) is 17.7 Å². The predicted octanol–water partition coefficient (Wildman–Crippen LogP) is 3.47. The highest BCUT2D eigenvalue weighted by Crippen LogP contribution is 2.33. The van der Waals surface area contributed by atoms with E-state index in [1.54, 1.807) is 7.11 Å². The van der Waals surface area contributed by atoms with Crippen molar-refractivity contribution in [3.63, 3.8) is 0 Å². The van der Waals surface area contributed by atoms with Gasteiger partial charge in [0.25, 0.3) is 0 Å². The summed E-state index contributed by atoms with van der Waals surface area (Å²) in [5, 5.41) is 0.823. The van der Waals surface area contributed by atoms with Gasteiger partial charge in [-0.3, -0.25) is 0 Å². The van der Waals surface area contributed by atoms with Gasteiger partial charge in [-0.15, -0.1) is 0 Å². The molecule has 0 saturated carbocycles. The number of anilines is 1. The molecule has 7 nitrogen and oxygen atoms in total. The van der Waals surface area contributed by atoms with Crippen molar-refractivity contribution >= 4 is 32.3 Å². The molecule has 0 aliphatic carbocycles. The lowest BCUT2D eigenvalue weighted by molar-refractivity contribution is 0.188. The van der Waals surface area contributed by atoms with E-state index in [0.29, 0.717) is 30.5 Å². The van der Waals surface area contributed by atoms with Crippen LogP contribution >= 0.6 is 0 Å². The predicted molar refractivity (Wildman–Crippen MR) is 111 cm³/mol. The molecule has 8 heteroatoms. The first-order chi connectivity index (χ1) is 13.0. The van der Waals surface area contributed by atoms with Crippen LogP contribution in [0.1, 0.15) is 13.8 Å². The molecule has 0 bridgehead atoms. The van der Waals surface area contributed by atoms with E-state index in [9.17, 15) is 4.21 Å². The molecule has 1 aromatic carbocycles. The van der Waals surface area contributed by atoms with Crippen LogP contribution in [0.25, 0.3) is 22.2 Å². The molecule has 2 aromatic heterocycles. The van der Waals surface area contributed by atoms with E-state index >= 15 is 0 Å². The van der Waals surface area contributed by atoms with Crippen LogP contribution in [0.2, 0.25) is 0 Å². The van der Waals surface area contributed by atoms with Crippen molar-refractivity contribution in [2.45, 2.75) is 20.4 Å². The number of fused-ring (bicyclic) bond motifs is 1. The fourth-order valence-corrected chi connectivity index (χ4v) is 4.13. The maximum absolute atomic E-state index is 12.6. The van der Waals surface area contributed by atoms with Gasteiger partial charge in [0, 0.05) is 36.9 Å². The third kappa shape index (κ3) is 3.96. The molecule has 0 saturated heterocycles. The maximum Gasteiger partial charge on any atom is 0.146 e. The lowest BCUT2D eigenvalue weighted by Gasteiger charge is -2.05. The minimum absolute atomic E-state index is 0.444. The first kappa shape index (κ1) is 19.3. The van der Waals surface area contributed by atoms with Gasteiger partial charge >= 0.3 is 0 Å². The zero-order chi connectivity index (χ0) is 19.4. The Labute approximate surface area is 159 Å². The lowest BCUT2D eigenvalue weighted by atomic mass is 10.1. The number of nitrogens with two attached hydrogens (primary N) is 1. The van der Waals surface area contributed by atoms with Gasteiger partial charge in [-0.25, -0.2) is 14.2 Å². The molecular weight excluding hydrogens is 362 g/mol. The molecule has 27 heavy (non-hydrogen) atoms. The van der Waals surface area contributed by atoms with Crippen LogP contribution in [0.5, 0.6) is 0 Å². The summed E-state index contributed by atoms with van der Waals surface area (Å²) >= 11 is 0. The molecule has 0 fully saturated rings. The summed E-state index contributed by atoms with van der Waals surface area (Å²) in [7, 11) is -0.507. The summed E-state index contributed by atoms with van der Waals surface area (Å²) in [5.74, 6) is 1.54. The number of aromatic nitrogens is 3. The van der Waals surface area contributed by atoms with E-state index in [4.69, 9.17) is 10.5 Å². The number of benzene rings is 1. The average molecular weight is 388 g/mol. The van der Waals surface area contributed by atoms with Crippen LogP contribution in [-0.4, -0.2) is 44.0 Å². The smallest absolute Gasteiger partial charge is 0.146 e. The summed E-state index contributed by atoms with van der Waals surface area (Å²) in [5.41, 5.74) is 9.57. The fourth-order valence-electron chi connectivity index (χ4n) is 2.95. The number of nitrogen functional groups attached to an aromatic ring is 1. The standard InChI is InChI=1S/C19H25N5O2S/c1-4-27(25,5-2)23-15-8-6-14(7-9-15)16-12-24(10-11-26-3)19-17(16)18(20)21-13-22-19/h6-9,12-13H,4-5,10-11H2,1-3H3,(H2,20,21,22). The van der Waals surface area contributed by atoms with E-state index in [1.807, 2.05) is 48.9 Å². The zero-order valence-corrected chi connectivity index (χ0v) is 16.7. The highest BCUT2D eigenvalue weighted by Gasteiger charge is 2.15. The Morgan fingerprint density at radius 3 is 2.52 bits per heavy atom. The second-order valence-electron chi connectivity index (χ2n) is 6.17. The third-order valence-electron chi connectivity index (χ3n) is 4.57.